The lowest BCUT2D eigenvalue weighted by atomic mass is 9.89. The summed E-state index contributed by atoms with van der Waals surface area (Å²) in [5.74, 6) is 1.48. The van der Waals surface area contributed by atoms with Gasteiger partial charge in [-0.3, -0.25) is 9.59 Å². The van der Waals surface area contributed by atoms with E-state index in [1.807, 2.05) is 37.3 Å². The third kappa shape index (κ3) is 2.60. The van der Waals surface area contributed by atoms with Gasteiger partial charge in [0, 0.05) is 18.5 Å². The van der Waals surface area contributed by atoms with Crippen molar-refractivity contribution in [2.45, 2.75) is 25.4 Å². The molecule has 0 aliphatic carbocycles. The third-order valence-electron chi connectivity index (χ3n) is 5.45. The van der Waals surface area contributed by atoms with Crippen LogP contribution in [-0.2, 0) is 0 Å². The highest BCUT2D eigenvalue weighted by Gasteiger charge is 2.47. The summed E-state index contributed by atoms with van der Waals surface area (Å²) in [6, 6.07) is 12.8. The number of ether oxygens (including phenoxy) is 1. The van der Waals surface area contributed by atoms with Gasteiger partial charge in [0.15, 0.2) is 5.78 Å². The lowest BCUT2D eigenvalue weighted by Crippen LogP contribution is -2.45. The molecular weight excluding hydrogens is 342 g/mol. The Morgan fingerprint density at radius 1 is 1.26 bits per heavy atom. The second kappa shape index (κ2) is 5.67. The molecule has 1 unspecified atom stereocenters. The van der Waals surface area contributed by atoms with Crippen LogP contribution in [0.2, 0.25) is 0 Å². The van der Waals surface area contributed by atoms with Gasteiger partial charge >= 0.3 is 0 Å². The number of hydrogen-bond acceptors (Lipinski definition) is 4. The van der Waals surface area contributed by atoms with Gasteiger partial charge in [0.1, 0.15) is 17.2 Å². The Bertz CT molecular complexity index is 1090. The summed E-state index contributed by atoms with van der Waals surface area (Å²) in [5.41, 5.74) is 2.33. The molecule has 2 aromatic carbocycles. The zero-order valence-electron chi connectivity index (χ0n) is 15.0. The van der Waals surface area contributed by atoms with E-state index in [1.54, 1.807) is 17.0 Å². The SMILES string of the molecule is Cc1nc2ccc(C(=O)N3CCC4(CC(=O)c5ccccc5O4)C3)cc2[nH]1. The molecule has 0 bridgehead atoms. The Morgan fingerprint density at radius 3 is 3.00 bits per heavy atom. The Morgan fingerprint density at radius 2 is 2.11 bits per heavy atom. The molecule has 2 aliphatic rings. The van der Waals surface area contributed by atoms with Crippen LogP contribution in [0.15, 0.2) is 42.5 Å². The fourth-order valence-electron chi connectivity index (χ4n) is 4.14. The highest BCUT2D eigenvalue weighted by molar-refractivity contribution is 6.01. The predicted octanol–water partition coefficient (Wildman–Crippen LogP) is 3.12. The average Bonchev–Trinajstić information content (AvgIpc) is 3.23. The number of Topliss-reactive ketones (excluding diaryl/α,β-unsaturated/α-hetero) is 1. The first-order valence-electron chi connectivity index (χ1n) is 9.10. The molecule has 0 saturated carbocycles. The molecular formula is C21H19N3O3. The maximum absolute atomic E-state index is 13.0. The topological polar surface area (TPSA) is 75.3 Å². The number of aromatic nitrogens is 2. The predicted molar refractivity (Wildman–Crippen MR) is 100 cm³/mol. The number of likely N-dealkylation sites (tertiary alicyclic amines) is 1. The van der Waals surface area contributed by atoms with Crippen LogP contribution in [0.1, 0.15) is 39.4 Å². The Hall–Kier alpha value is -3.15. The minimum atomic E-state index is -0.615. The molecule has 1 N–H and O–H groups in total. The number of H-pyrrole nitrogens is 1. The molecule has 5 rings (SSSR count). The van der Waals surface area contributed by atoms with Crippen LogP contribution < -0.4 is 4.74 Å². The molecule has 27 heavy (non-hydrogen) atoms. The maximum atomic E-state index is 13.0. The van der Waals surface area contributed by atoms with E-state index in [9.17, 15) is 9.59 Å². The number of nitrogens with one attached hydrogen (secondary N) is 1. The van der Waals surface area contributed by atoms with E-state index in [4.69, 9.17) is 4.74 Å². The number of para-hydroxylation sites is 1. The Kier molecular flexibility index (Phi) is 3.37. The average molecular weight is 361 g/mol. The van der Waals surface area contributed by atoms with Crippen molar-refractivity contribution in [3.63, 3.8) is 0 Å². The fourth-order valence-corrected chi connectivity index (χ4v) is 4.14. The van der Waals surface area contributed by atoms with Crippen molar-refractivity contribution in [1.29, 1.82) is 0 Å². The first kappa shape index (κ1) is 16.1. The molecule has 1 spiro atoms. The zero-order chi connectivity index (χ0) is 18.6. The molecule has 6 nitrogen and oxygen atoms in total. The number of carbonyl (C=O) groups is 2. The second-order valence-corrected chi connectivity index (χ2v) is 7.41. The summed E-state index contributed by atoms with van der Waals surface area (Å²) < 4.78 is 6.21. The molecule has 1 aromatic heterocycles. The largest absolute Gasteiger partial charge is 0.484 e. The molecule has 1 saturated heterocycles. The molecule has 1 fully saturated rings. The van der Waals surface area contributed by atoms with Gasteiger partial charge in [-0.1, -0.05) is 12.1 Å². The van der Waals surface area contributed by atoms with E-state index in [0.717, 1.165) is 16.9 Å². The van der Waals surface area contributed by atoms with Gasteiger partial charge in [0.05, 0.1) is 29.6 Å². The fraction of sp³-hybridized carbons (Fsp3) is 0.286. The highest BCUT2D eigenvalue weighted by Crippen LogP contribution is 2.39. The number of aryl methyl sites for hydroxylation is 1. The van der Waals surface area contributed by atoms with Crippen molar-refractivity contribution < 1.29 is 14.3 Å². The van der Waals surface area contributed by atoms with Crippen molar-refractivity contribution in [2.75, 3.05) is 13.1 Å². The number of hydrogen-bond donors (Lipinski definition) is 1. The van der Waals surface area contributed by atoms with Crippen LogP contribution in [0.4, 0.5) is 0 Å². The third-order valence-corrected chi connectivity index (χ3v) is 5.45. The molecule has 3 aromatic rings. The Labute approximate surface area is 156 Å². The number of nitrogens with zero attached hydrogens (tertiary/aromatic N) is 2. The van der Waals surface area contributed by atoms with Gasteiger partial charge in [-0.05, 0) is 37.3 Å². The Balaban J connectivity index is 1.40. The van der Waals surface area contributed by atoms with Gasteiger partial charge in [-0.25, -0.2) is 4.98 Å². The highest BCUT2D eigenvalue weighted by atomic mass is 16.5. The van der Waals surface area contributed by atoms with E-state index in [2.05, 4.69) is 9.97 Å². The summed E-state index contributed by atoms with van der Waals surface area (Å²) in [6.45, 7) is 2.89. The van der Waals surface area contributed by atoms with Gasteiger partial charge in [-0.2, -0.15) is 0 Å². The maximum Gasteiger partial charge on any atom is 0.254 e. The number of aromatic amines is 1. The zero-order valence-corrected chi connectivity index (χ0v) is 15.0. The minimum absolute atomic E-state index is 0.0454. The second-order valence-electron chi connectivity index (χ2n) is 7.41. The number of benzene rings is 2. The molecule has 1 amide bonds. The van der Waals surface area contributed by atoms with Crippen LogP contribution in [0, 0.1) is 6.92 Å². The smallest absolute Gasteiger partial charge is 0.254 e. The lowest BCUT2D eigenvalue weighted by molar-refractivity contribution is 0.0428. The number of amides is 1. The van der Waals surface area contributed by atoms with Crippen molar-refractivity contribution in [1.82, 2.24) is 14.9 Å². The minimum Gasteiger partial charge on any atom is -0.484 e. The van der Waals surface area contributed by atoms with Gasteiger partial charge in [-0.15, -0.1) is 0 Å². The van der Waals surface area contributed by atoms with Crippen molar-refractivity contribution in [3.8, 4) is 5.75 Å². The van der Waals surface area contributed by atoms with E-state index in [0.29, 0.717) is 42.8 Å². The number of rotatable bonds is 1. The number of imidazole rings is 1. The summed E-state index contributed by atoms with van der Waals surface area (Å²) in [5, 5.41) is 0. The molecule has 136 valence electrons. The van der Waals surface area contributed by atoms with Gasteiger partial charge < -0.3 is 14.6 Å². The summed E-state index contributed by atoms with van der Waals surface area (Å²) in [4.78, 5) is 34.9. The van der Waals surface area contributed by atoms with Crippen molar-refractivity contribution in [2.24, 2.45) is 0 Å². The van der Waals surface area contributed by atoms with Crippen LogP contribution in [0.25, 0.3) is 11.0 Å². The first-order chi connectivity index (χ1) is 13.0. The summed E-state index contributed by atoms with van der Waals surface area (Å²) >= 11 is 0. The molecule has 3 heterocycles. The number of ketones is 1. The molecule has 1 atom stereocenters. The lowest BCUT2D eigenvalue weighted by Gasteiger charge is -2.34. The van der Waals surface area contributed by atoms with Crippen LogP contribution in [0.3, 0.4) is 0 Å². The van der Waals surface area contributed by atoms with Crippen LogP contribution in [0.5, 0.6) is 5.75 Å². The van der Waals surface area contributed by atoms with Crippen molar-refractivity contribution in [3.05, 3.63) is 59.4 Å². The number of carbonyl (C=O) groups excluding carboxylic acids is 2. The van der Waals surface area contributed by atoms with E-state index in [1.165, 1.54) is 0 Å². The van der Waals surface area contributed by atoms with Gasteiger partial charge in [0.25, 0.3) is 5.91 Å². The summed E-state index contributed by atoms with van der Waals surface area (Å²) in [7, 11) is 0. The standard InChI is InChI=1S/C21H19N3O3/c1-13-22-16-7-6-14(10-17(16)23-13)20(26)24-9-8-21(12-24)11-18(25)15-4-2-3-5-19(15)27-21/h2-7,10H,8-9,11-12H2,1H3,(H,22,23). The first-order valence-corrected chi connectivity index (χ1v) is 9.10. The molecule has 0 radical (unpaired) electrons. The number of fused-ring (bicyclic) bond motifs is 2. The summed E-state index contributed by atoms with van der Waals surface area (Å²) in [6.07, 6.45) is 0.969. The quantitative estimate of drug-likeness (QED) is 0.723. The van der Waals surface area contributed by atoms with E-state index < -0.39 is 5.60 Å². The van der Waals surface area contributed by atoms with Crippen LogP contribution in [-0.4, -0.2) is 45.2 Å². The van der Waals surface area contributed by atoms with Gasteiger partial charge in [0.2, 0.25) is 0 Å². The molecule has 2 aliphatic heterocycles. The monoisotopic (exact) mass is 361 g/mol. The van der Waals surface area contributed by atoms with Crippen LogP contribution >= 0.6 is 0 Å². The van der Waals surface area contributed by atoms with Crippen molar-refractivity contribution >= 4 is 22.7 Å². The molecule has 6 heteroatoms. The van der Waals surface area contributed by atoms with E-state index >= 15 is 0 Å². The van der Waals surface area contributed by atoms with E-state index in [-0.39, 0.29) is 11.7 Å². The normalized spacial score (nSPS) is 21.5.